The standard InChI is InChI=1S/C18H20N4O4S2/c1-4-22(11-16-19-17(20-26-16)15-6-5-9-27-15)18(23)13-8-7-12(2)14(10-13)21-28(3,24)25/h5-10,21H,4,11H2,1-3H3. The molecule has 0 saturated carbocycles. The number of anilines is 1. The van der Waals surface area contributed by atoms with Gasteiger partial charge >= 0.3 is 0 Å². The lowest BCUT2D eigenvalue weighted by molar-refractivity contribution is 0.0734. The smallest absolute Gasteiger partial charge is 0.254 e. The predicted octanol–water partition coefficient (Wildman–Crippen LogP) is 3.14. The van der Waals surface area contributed by atoms with Gasteiger partial charge in [0, 0.05) is 12.1 Å². The minimum atomic E-state index is -3.44. The van der Waals surface area contributed by atoms with E-state index in [1.807, 2.05) is 24.4 Å². The topological polar surface area (TPSA) is 105 Å². The zero-order chi connectivity index (χ0) is 20.3. The van der Waals surface area contributed by atoms with Gasteiger partial charge in [-0.25, -0.2) is 8.42 Å². The molecule has 0 saturated heterocycles. The zero-order valence-electron chi connectivity index (χ0n) is 15.7. The molecule has 0 spiro atoms. The minimum Gasteiger partial charge on any atom is -0.337 e. The molecule has 148 valence electrons. The molecule has 0 bridgehead atoms. The molecule has 1 aromatic carbocycles. The number of carbonyl (C=O) groups is 1. The van der Waals surface area contributed by atoms with Gasteiger partial charge < -0.3 is 9.42 Å². The van der Waals surface area contributed by atoms with Crippen LogP contribution < -0.4 is 4.72 Å². The maximum absolute atomic E-state index is 12.9. The highest BCUT2D eigenvalue weighted by Gasteiger charge is 2.19. The van der Waals surface area contributed by atoms with Crippen molar-refractivity contribution in [3.8, 4) is 10.7 Å². The van der Waals surface area contributed by atoms with Crippen molar-refractivity contribution in [3.05, 3.63) is 52.7 Å². The number of carbonyl (C=O) groups excluding carboxylic acids is 1. The third-order valence-corrected chi connectivity index (χ3v) is 5.44. The van der Waals surface area contributed by atoms with Gasteiger partial charge in [-0.05, 0) is 43.0 Å². The zero-order valence-corrected chi connectivity index (χ0v) is 17.3. The minimum absolute atomic E-state index is 0.163. The molecule has 0 radical (unpaired) electrons. The summed E-state index contributed by atoms with van der Waals surface area (Å²) in [6, 6.07) is 8.70. The number of sulfonamides is 1. The maximum Gasteiger partial charge on any atom is 0.254 e. The number of rotatable bonds is 7. The molecular formula is C18H20N4O4S2. The molecule has 0 aliphatic carbocycles. The van der Waals surface area contributed by atoms with Gasteiger partial charge in [-0.3, -0.25) is 9.52 Å². The average Bonchev–Trinajstić information content (AvgIpc) is 3.31. The molecule has 0 atom stereocenters. The van der Waals surface area contributed by atoms with Gasteiger partial charge in [-0.2, -0.15) is 4.98 Å². The third kappa shape index (κ3) is 4.76. The van der Waals surface area contributed by atoms with E-state index in [4.69, 9.17) is 4.52 Å². The number of amides is 1. The maximum atomic E-state index is 12.9. The molecule has 28 heavy (non-hydrogen) atoms. The van der Waals surface area contributed by atoms with E-state index >= 15 is 0 Å². The van der Waals surface area contributed by atoms with Gasteiger partial charge in [0.15, 0.2) is 0 Å². The van der Waals surface area contributed by atoms with Gasteiger partial charge in [0.1, 0.15) is 6.54 Å². The highest BCUT2D eigenvalue weighted by molar-refractivity contribution is 7.92. The lowest BCUT2D eigenvalue weighted by atomic mass is 10.1. The second-order valence-corrected chi connectivity index (χ2v) is 8.91. The van der Waals surface area contributed by atoms with Crippen molar-refractivity contribution in [2.45, 2.75) is 20.4 Å². The molecule has 10 heteroatoms. The monoisotopic (exact) mass is 420 g/mol. The molecule has 0 unspecified atom stereocenters. The van der Waals surface area contributed by atoms with Crippen molar-refractivity contribution in [3.63, 3.8) is 0 Å². The Hall–Kier alpha value is -2.72. The molecule has 0 fully saturated rings. The van der Waals surface area contributed by atoms with Gasteiger partial charge in [-0.15, -0.1) is 11.3 Å². The van der Waals surface area contributed by atoms with Crippen molar-refractivity contribution in [1.29, 1.82) is 0 Å². The van der Waals surface area contributed by atoms with E-state index in [0.717, 1.165) is 16.7 Å². The molecule has 3 rings (SSSR count). The molecule has 1 N–H and O–H groups in total. The first kappa shape index (κ1) is 20.0. The van der Waals surface area contributed by atoms with E-state index in [1.54, 1.807) is 24.0 Å². The number of nitrogens with one attached hydrogen (secondary N) is 1. The number of hydrogen-bond acceptors (Lipinski definition) is 7. The highest BCUT2D eigenvalue weighted by atomic mass is 32.2. The van der Waals surface area contributed by atoms with Crippen LogP contribution in [0, 0.1) is 6.92 Å². The van der Waals surface area contributed by atoms with Crippen LogP contribution in [0.25, 0.3) is 10.7 Å². The molecule has 2 heterocycles. The van der Waals surface area contributed by atoms with Gasteiger partial charge in [0.2, 0.25) is 21.7 Å². The Kier molecular flexibility index (Phi) is 5.80. The van der Waals surface area contributed by atoms with Crippen LogP contribution in [0.1, 0.15) is 28.7 Å². The summed E-state index contributed by atoms with van der Waals surface area (Å²) in [5.74, 6) is 0.568. The molecule has 0 aliphatic heterocycles. The Labute approximate surface area is 167 Å². The molecule has 0 aliphatic rings. The predicted molar refractivity (Wildman–Crippen MR) is 108 cm³/mol. The van der Waals surface area contributed by atoms with E-state index in [1.165, 1.54) is 17.4 Å². The fourth-order valence-corrected chi connectivity index (χ4v) is 3.83. The summed E-state index contributed by atoms with van der Waals surface area (Å²) >= 11 is 1.50. The lowest BCUT2D eigenvalue weighted by Crippen LogP contribution is -2.30. The van der Waals surface area contributed by atoms with Gasteiger partial charge in [-0.1, -0.05) is 17.3 Å². The molecular weight excluding hydrogens is 400 g/mol. The first-order valence-corrected chi connectivity index (χ1v) is 11.3. The summed E-state index contributed by atoms with van der Waals surface area (Å²) < 4.78 is 30.8. The van der Waals surface area contributed by atoms with Gasteiger partial charge in [0.25, 0.3) is 5.91 Å². The van der Waals surface area contributed by atoms with E-state index in [9.17, 15) is 13.2 Å². The largest absolute Gasteiger partial charge is 0.337 e. The average molecular weight is 421 g/mol. The van der Waals surface area contributed by atoms with Crippen LogP contribution >= 0.6 is 11.3 Å². The fraction of sp³-hybridized carbons (Fsp3) is 0.278. The quantitative estimate of drug-likeness (QED) is 0.629. The second-order valence-electron chi connectivity index (χ2n) is 6.21. The van der Waals surface area contributed by atoms with Crippen molar-refractivity contribution in [1.82, 2.24) is 15.0 Å². The first-order valence-electron chi connectivity index (χ1n) is 8.51. The van der Waals surface area contributed by atoms with E-state index in [-0.39, 0.29) is 12.5 Å². The number of thiophene rings is 1. The molecule has 3 aromatic rings. The summed E-state index contributed by atoms with van der Waals surface area (Å²) in [7, 11) is -3.44. The fourth-order valence-electron chi connectivity index (χ4n) is 2.56. The third-order valence-electron chi connectivity index (χ3n) is 3.98. The number of nitrogens with zero attached hydrogens (tertiary/aromatic N) is 3. The van der Waals surface area contributed by atoms with Crippen LogP contribution in [0.3, 0.4) is 0 Å². The van der Waals surface area contributed by atoms with Crippen molar-refractivity contribution in [2.75, 3.05) is 17.5 Å². The Morgan fingerprint density at radius 2 is 2.11 bits per heavy atom. The number of hydrogen-bond donors (Lipinski definition) is 1. The van der Waals surface area contributed by atoms with Crippen LogP contribution in [0.4, 0.5) is 5.69 Å². The highest BCUT2D eigenvalue weighted by Crippen LogP contribution is 2.23. The normalized spacial score (nSPS) is 11.4. The molecule has 2 aromatic heterocycles. The lowest BCUT2D eigenvalue weighted by Gasteiger charge is -2.19. The van der Waals surface area contributed by atoms with E-state index in [2.05, 4.69) is 14.9 Å². The van der Waals surface area contributed by atoms with Gasteiger partial charge in [0.05, 0.1) is 16.8 Å². The van der Waals surface area contributed by atoms with Crippen LogP contribution in [0.15, 0.2) is 40.2 Å². The summed E-state index contributed by atoms with van der Waals surface area (Å²) in [4.78, 5) is 19.7. The van der Waals surface area contributed by atoms with Crippen LogP contribution in [0.2, 0.25) is 0 Å². The number of aryl methyl sites for hydroxylation is 1. The Morgan fingerprint density at radius 3 is 2.75 bits per heavy atom. The Balaban J connectivity index is 1.79. The second kappa shape index (κ2) is 8.11. The van der Waals surface area contributed by atoms with E-state index < -0.39 is 10.0 Å². The van der Waals surface area contributed by atoms with Crippen LogP contribution in [-0.2, 0) is 16.6 Å². The van der Waals surface area contributed by atoms with Crippen molar-refractivity contribution in [2.24, 2.45) is 0 Å². The number of benzene rings is 1. The first-order chi connectivity index (χ1) is 13.3. The Morgan fingerprint density at radius 1 is 1.32 bits per heavy atom. The van der Waals surface area contributed by atoms with Crippen LogP contribution in [0.5, 0.6) is 0 Å². The van der Waals surface area contributed by atoms with Crippen LogP contribution in [-0.4, -0.2) is 42.2 Å². The summed E-state index contributed by atoms with van der Waals surface area (Å²) in [5.41, 5.74) is 1.47. The molecule has 1 amide bonds. The summed E-state index contributed by atoms with van der Waals surface area (Å²) in [5, 5.41) is 5.88. The summed E-state index contributed by atoms with van der Waals surface area (Å²) in [6.07, 6.45) is 1.07. The number of aromatic nitrogens is 2. The van der Waals surface area contributed by atoms with Crippen molar-refractivity contribution < 1.29 is 17.7 Å². The van der Waals surface area contributed by atoms with E-state index in [0.29, 0.717) is 29.5 Å². The molecule has 8 nitrogen and oxygen atoms in total. The SMILES string of the molecule is CCN(Cc1nc(-c2cccs2)no1)C(=O)c1ccc(C)c(NS(C)(=O)=O)c1. The summed E-state index contributed by atoms with van der Waals surface area (Å²) in [6.45, 7) is 4.21. The van der Waals surface area contributed by atoms with Crippen molar-refractivity contribution >= 4 is 33.0 Å². The Bertz CT molecular complexity index is 1070.